The molecule has 5 heteroatoms. The Balaban J connectivity index is 2.03. The standard InChI is InChI=1S/C24H33N5/c1-4-13-29(14-5-2)24-22-18-28(6-3)15-12-20(22)21(16-25)23(27-24)26-17-19-10-8-7-9-11-19/h7-11H,4-6,12-15,17-18H2,1-3H3,(H,26,27)/p+2. The van der Waals surface area contributed by atoms with Crippen LogP contribution in [0.2, 0.25) is 0 Å². The minimum absolute atomic E-state index is 0.706. The average molecular weight is 394 g/mol. The molecule has 0 saturated heterocycles. The maximum Gasteiger partial charge on any atom is 0.237 e. The van der Waals surface area contributed by atoms with Crippen LogP contribution >= 0.6 is 0 Å². The van der Waals surface area contributed by atoms with Crippen LogP contribution < -0.4 is 20.1 Å². The first-order chi connectivity index (χ1) is 14.2. The molecule has 0 aliphatic carbocycles. The molecule has 3 rings (SSSR count). The Morgan fingerprint density at radius 3 is 2.45 bits per heavy atom. The molecule has 2 aromatic rings. The number of aromatic amines is 1. The van der Waals surface area contributed by atoms with E-state index in [0.29, 0.717) is 6.54 Å². The molecule has 0 spiro atoms. The van der Waals surface area contributed by atoms with Gasteiger partial charge in [-0.1, -0.05) is 44.2 Å². The van der Waals surface area contributed by atoms with Crippen LogP contribution in [0.5, 0.6) is 0 Å². The number of aromatic nitrogens is 1. The summed E-state index contributed by atoms with van der Waals surface area (Å²) in [5, 5.41) is 13.5. The number of nitrogens with one attached hydrogen (secondary N) is 3. The van der Waals surface area contributed by atoms with Gasteiger partial charge in [0.15, 0.2) is 0 Å². The van der Waals surface area contributed by atoms with E-state index in [0.717, 1.165) is 63.4 Å². The number of hydrogen-bond donors (Lipinski definition) is 2. The summed E-state index contributed by atoms with van der Waals surface area (Å²) in [6.45, 7) is 12.7. The van der Waals surface area contributed by atoms with E-state index in [-0.39, 0.29) is 0 Å². The van der Waals surface area contributed by atoms with Crippen LogP contribution in [0, 0.1) is 11.3 Å². The van der Waals surface area contributed by atoms with Crippen LogP contribution in [0.1, 0.15) is 55.9 Å². The van der Waals surface area contributed by atoms with Crippen molar-refractivity contribution in [3.63, 3.8) is 0 Å². The van der Waals surface area contributed by atoms with E-state index >= 15 is 0 Å². The number of likely N-dealkylation sites (N-methyl/N-ethyl adjacent to an activating group) is 1. The third-order valence-corrected chi connectivity index (χ3v) is 5.83. The largest absolute Gasteiger partial charge is 0.331 e. The molecule has 5 nitrogen and oxygen atoms in total. The van der Waals surface area contributed by atoms with Crippen LogP contribution in [-0.4, -0.2) is 26.2 Å². The highest BCUT2D eigenvalue weighted by Crippen LogP contribution is 2.28. The van der Waals surface area contributed by atoms with E-state index in [4.69, 9.17) is 0 Å². The number of rotatable bonds is 9. The van der Waals surface area contributed by atoms with Crippen molar-refractivity contribution in [3.8, 4) is 6.07 Å². The molecule has 2 heterocycles. The molecular formula is C24H35N5+2. The van der Waals surface area contributed by atoms with Gasteiger partial charge in [-0.15, -0.1) is 0 Å². The zero-order chi connectivity index (χ0) is 20.6. The molecule has 0 fully saturated rings. The number of pyridine rings is 1. The van der Waals surface area contributed by atoms with Crippen molar-refractivity contribution in [2.75, 3.05) is 36.4 Å². The van der Waals surface area contributed by atoms with Crippen molar-refractivity contribution in [3.05, 3.63) is 52.6 Å². The lowest BCUT2D eigenvalue weighted by molar-refractivity contribution is -0.914. The van der Waals surface area contributed by atoms with Gasteiger partial charge in [0.25, 0.3) is 0 Å². The van der Waals surface area contributed by atoms with Crippen molar-refractivity contribution >= 4 is 11.6 Å². The molecular weight excluding hydrogens is 358 g/mol. The fourth-order valence-corrected chi connectivity index (χ4v) is 4.30. The first-order valence-electron chi connectivity index (χ1n) is 11.1. The van der Waals surface area contributed by atoms with E-state index in [1.807, 2.05) is 6.07 Å². The van der Waals surface area contributed by atoms with Crippen LogP contribution in [0.3, 0.4) is 0 Å². The van der Waals surface area contributed by atoms with Gasteiger partial charge in [0.1, 0.15) is 18.2 Å². The monoisotopic (exact) mass is 393 g/mol. The Bertz CT molecular complexity index is 835. The predicted molar refractivity (Wildman–Crippen MR) is 118 cm³/mol. The zero-order valence-corrected chi connectivity index (χ0v) is 18.1. The number of quaternary nitrogens is 1. The number of anilines is 2. The summed E-state index contributed by atoms with van der Waals surface area (Å²) in [4.78, 5) is 7.73. The number of benzene rings is 1. The first-order valence-corrected chi connectivity index (χ1v) is 11.1. The second-order valence-electron chi connectivity index (χ2n) is 7.90. The van der Waals surface area contributed by atoms with Gasteiger partial charge in [0.2, 0.25) is 11.6 Å². The summed E-state index contributed by atoms with van der Waals surface area (Å²) in [5.74, 6) is 2.08. The van der Waals surface area contributed by atoms with Gasteiger partial charge < -0.3 is 10.2 Å². The van der Waals surface area contributed by atoms with E-state index in [1.165, 1.54) is 22.5 Å². The number of nitriles is 1. The molecule has 1 aromatic carbocycles. The third-order valence-electron chi connectivity index (χ3n) is 5.83. The summed E-state index contributed by atoms with van der Waals surface area (Å²) in [5.41, 5.74) is 4.59. The van der Waals surface area contributed by atoms with E-state index in [9.17, 15) is 5.26 Å². The lowest BCUT2D eigenvalue weighted by Gasteiger charge is -2.29. The van der Waals surface area contributed by atoms with E-state index in [2.05, 4.69) is 66.3 Å². The fourth-order valence-electron chi connectivity index (χ4n) is 4.30. The van der Waals surface area contributed by atoms with Crippen LogP contribution in [0.15, 0.2) is 30.3 Å². The van der Waals surface area contributed by atoms with Gasteiger partial charge in [-0.25, -0.2) is 4.98 Å². The Kier molecular flexibility index (Phi) is 7.48. The third kappa shape index (κ3) is 4.89. The summed E-state index contributed by atoms with van der Waals surface area (Å²) in [6, 6.07) is 12.9. The quantitative estimate of drug-likeness (QED) is 0.688. The van der Waals surface area contributed by atoms with Crippen LogP contribution in [0.25, 0.3) is 0 Å². The van der Waals surface area contributed by atoms with Crippen molar-refractivity contribution in [1.29, 1.82) is 5.26 Å². The van der Waals surface area contributed by atoms with Crippen LogP contribution in [0.4, 0.5) is 11.6 Å². The molecule has 1 unspecified atom stereocenters. The fraction of sp³-hybridized carbons (Fsp3) is 0.500. The molecule has 0 bridgehead atoms. The second-order valence-corrected chi connectivity index (χ2v) is 7.90. The molecule has 1 aliphatic rings. The topological polar surface area (TPSA) is 57.6 Å². The molecule has 1 aliphatic heterocycles. The second kappa shape index (κ2) is 10.3. The maximum atomic E-state index is 10.0. The average Bonchev–Trinajstić information content (AvgIpc) is 2.77. The van der Waals surface area contributed by atoms with Crippen LogP contribution in [-0.2, 0) is 19.5 Å². The van der Waals surface area contributed by atoms with E-state index in [1.54, 1.807) is 4.90 Å². The maximum absolute atomic E-state index is 10.0. The molecule has 0 amide bonds. The van der Waals surface area contributed by atoms with Gasteiger partial charge in [0, 0.05) is 6.42 Å². The van der Waals surface area contributed by atoms with Crippen molar-refractivity contribution in [1.82, 2.24) is 0 Å². The Morgan fingerprint density at radius 1 is 1.10 bits per heavy atom. The predicted octanol–water partition coefficient (Wildman–Crippen LogP) is 2.57. The molecule has 154 valence electrons. The molecule has 1 atom stereocenters. The van der Waals surface area contributed by atoms with Gasteiger partial charge in [0.05, 0.1) is 38.3 Å². The smallest absolute Gasteiger partial charge is 0.237 e. The lowest BCUT2D eigenvalue weighted by Crippen LogP contribution is -3.11. The highest BCUT2D eigenvalue weighted by molar-refractivity contribution is 5.61. The summed E-state index contributed by atoms with van der Waals surface area (Å²) < 4.78 is 0. The Hall–Kier alpha value is -2.58. The van der Waals surface area contributed by atoms with Crippen molar-refractivity contribution in [2.45, 2.75) is 53.1 Å². The highest BCUT2D eigenvalue weighted by Gasteiger charge is 2.32. The lowest BCUT2D eigenvalue weighted by atomic mass is 9.95. The minimum atomic E-state index is 0.706. The normalized spacial score (nSPS) is 15.4. The number of hydrogen-bond acceptors (Lipinski definition) is 3. The molecule has 1 aromatic heterocycles. The first kappa shape index (κ1) is 21.1. The Labute approximate surface area is 175 Å². The zero-order valence-electron chi connectivity index (χ0n) is 18.1. The van der Waals surface area contributed by atoms with E-state index < -0.39 is 0 Å². The number of nitrogens with zero attached hydrogens (tertiary/aromatic N) is 2. The summed E-state index contributed by atoms with van der Waals surface area (Å²) in [6.07, 6.45) is 3.19. The number of fused-ring (bicyclic) bond motifs is 1. The minimum Gasteiger partial charge on any atom is -0.331 e. The van der Waals surface area contributed by atoms with Gasteiger partial charge in [-0.2, -0.15) is 5.26 Å². The van der Waals surface area contributed by atoms with Crippen molar-refractivity contribution in [2.24, 2.45) is 0 Å². The van der Waals surface area contributed by atoms with Gasteiger partial charge in [-0.05, 0) is 30.9 Å². The molecule has 0 radical (unpaired) electrons. The van der Waals surface area contributed by atoms with Crippen molar-refractivity contribution < 1.29 is 9.88 Å². The SMILES string of the molecule is CCCN(CCC)c1[nH+]c(NCc2ccccc2)c(C#N)c2c1C[NH+](CC)CC2. The molecule has 3 N–H and O–H groups in total. The Morgan fingerprint density at radius 2 is 1.83 bits per heavy atom. The van der Waals surface area contributed by atoms with Gasteiger partial charge >= 0.3 is 0 Å². The number of H-pyrrole nitrogens is 1. The molecule has 29 heavy (non-hydrogen) atoms. The molecule has 0 saturated carbocycles. The highest BCUT2D eigenvalue weighted by atomic mass is 15.2. The summed E-state index contributed by atoms with van der Waals surface area (Å²) >= 11 is 0. The van der Waals surface area contributed by atoms with Gasteiger partial charge in [-0.3, -0.25) is 4.90 Å². The summed E-state index contributed by atoms with van der Waals surface area (Å²) in [7, 11) is 0.